The molecular formula is C17H21N5. The lowest BCUT2D eigenvalue weighted by Gasteiger charge is -2.30. The Kier molecular flexibility index (Phi) is 2.79. The van der Waals surface area contributed by atoms with Gasteiger partial charge in [-0.3, -0.25) is 5.41 Å². The van der Waals surface area contributed by atoms with Gasteiger partial charge in [-0.15, -0.1) is 0 Å². The van der Waals surface area contributed by atoms with Crippen molar-refractivity contribution < 1.29 is 0 Å². The predicted octanol–water partition coefficient (Wildman–Crippen LogP) is 2.16. The van der Waals surface area contributed by atoms with E-state index in [4.69, 9.17) is 5.41 Å². The van der Waals surface area contributed by atoms with E-state index in [9.17, 15) is 0 Å². The minimum absolute atomic E-state index is 0.114. The van der Waals surface area contributed by atoms with E-state index in [1.165, 1.54) is 18.4 Å². The molecule has 2 heterocycles. The molecule has 2 aliphatic rings. The Morgan fingerprint density at radius 2 is 2.14 bits per heavy atom. The molecule has 5 heteroatoms. The van der Waals surface area contributed by atoms with Crippen molar-refractivity contribution in [3.05, 3.63) is 42.4 Å². The van der Waals surface area contributed by atoms with Crippen LogP contribution in [0, 0.1) is 11.3 Å². The number of imidazole rings is 1. The summed E-state index contributed by atoms with van der Waals surface area (Å²) in [5.41, 5.74) is 3.29. The van der Waals surface area contributed by atoms with E-state index in [1.54, 1.807) is 0 Å². The van der Waals surface area contributed by atoms with Crippen LogP contribution < -0.4 is 5.32 Å². The van der Waals surface area contributed by atoms with Crippen LogP contribution in [-0.2, 0) is 12.6 Å². The number of guanidine groups is 1. The second-order valence-corrected chi connectivity index (χ2v) is 6.58. The molecule has 0 radical (unpaired) electrons. The fourth-order valence-electron chi connectivity index (χ4n) is 3.52. The van der Waals surface area contributed by atoms with Gasteiger partial charge in [0.05, 0.1) is 17.6 Å². The number of hydrogen-bond acceptors (Lipinski definition) is 2. The molecular weight excluding hydrogens is 274 g/mol. The first-order chi connectivity index (χ1) is 10.6. The van der Waals surface area contributed by atoms with Crippen molar-refractivity contribution >= 4 is 5.96 Å². The van der Waals surface area contributed by atoms with Crippen molar-refractivity contribution in [2.24, 2.45) is 13.0 Å². The third kappa shape index (κ3) is 2.00. The zero-order valence-electron chi connectivity index (χ0n) is 13.0. The second-order valence-electron chi connectivity index (χ2n) is 6.58. The van der Waals surface area contributed by atoms with E-state index >= 15 is 0 Å². The van der Waals surface area contributed by atoms with E-state index in [2.05, 4.69) is 34.6 Å². The minimum atomic E-state index is -0.114. The average molecular weight is 295 g/mol. The molecule has 1 aliphatic carbocycles. The standard InChI is InChI=1S/C17H21N5/c1-21-9-15(19-11-21)12-4-3-5-14(8-12)17(13-6-7-13)10-22(2)16(18)20-17/h3-5,8-9,11,13H,6-7,10H2,1-2H3,(H2,18,20). The number of likely N-dealkylation sites (N-methyl/N-ethyl adjacent to an activating group) is 1. The molecule has 1 saturated heterocycles. The van der Waals surface area contributed by atoms with Crippen molar-refractivity contribution in [2.45, 2.75) is 18.4 Å². The van der Waals surface area contributed by atoms with Crippen LogP contribution in [0.2, 0.25) is 0 Å². The maximum atomic E-state index is 8.10. The lowest BCUT2D eigenvalue weighted by molar-refractivity contribution is 0.328. The van der Waals surface area contributed by atoms with Crippen LogP contribution in [0.25, 0.3) is 11.3 Å². The van der Waals surface area contributed by atoms with E-state index < -0.39 is 0 Å². The molecule has 2 aromatic rings. The highest BCUT2D eigenvalue weighted by molar-refractivity contribution is 5.80. The van der Waals surface area contributed by atoms with Crippen molar-refractivity contribution in [3.8, 4) is 11.3 Å². The number of nitrogens with one attached hydrogen (secondary N) is 2. The van der Waals surface area contributed by atoms with E-state index in [-0.39, 0.29) is 5.54 Å². The first-order valence-electron chi connectivity index (χ1n) is 7.75. The summed E-state index contributed by atoms with van der Waals surface area (Å²) in [6, 6.07) is 8.63. The van der Waals surface area contributed by atoms with Crippen molar-refractivity contribution in [2.75, 3.05) is 13.6 Å². The Bertz CT molecular complexity index is 730. The molecule has 114 valence electrons. The Morgan fingerprint density at radius 1 is 1.32 bits per heavy atom. The summed E-state index contributed by atoms with van der Waals surface area (Å²) in [5.74, 6) is 1.15. The van der Waals surface area contributed by atoms with Gasteiger partial charge in [-0.2, -0.15) is 0 Å². The van der Waals surface area contributed by atoms with Crippen LogP contribution in [0.4, 0.5) is 0 Å². The maximum Gasteiger partial charge on any atom is 0.191 e. The quantitative estimate of drug-likeness (QED) is 0.912. The van der Waals surface area contributed by atoms with Crippen molar-refractivity contribution in [1.29, 1.82) is 5.41 Å². The molecule has 1 aliphatic heterocycles. The molecule has 2 fully saturated rings. The highest BCUT2D eigenvalue weighted by Gasteiger charge is 2.51. The third-order valence-electron chi connectivity index (χ3n) is 4.86. The number of rotatable bonds is 3. The normalized spacial score (nSPS) is 24.6. The summed E-state index contributed by atoms with van der Waals surface area (Å²) in [6.45, 7) is 0.863. The summed E-state index contributed by atoms with van der Waals surface area (Å²) < 4.78 is 1.97. The maximum absolute atomic E-state index is 8.10. The largest absolute Gasteiger partial charge is 0.345 e. The molecule has 22 heavy (non-hydrogen) atoms. The van der Waals surface area contributed by atoms with Crippen LogP contribution in [0.5, 0.6) is 0 Å². The predicted molar refractivity (Wildman–Crippen MR) is 86.5 cm³/mol. The highest BCUT2D eigenvalue weighted by atomic mass is 15.4. The fraction of sp³-hybridized carbons (Fsp3) is 0.412. The Labute approximate surface area is 130 Å². The Morgan fingerprint density at radius 3 is 2.73 bits per heavy atom. The molecule has 0 bridgehead atoms. The SMILES string of the molecule is CN1CC(c2cccc(-c3cn(C)cn3)c2)(C2CC2)NC1=N. The van der Waals surface area contributed by atoms with Gasteiger partial charge in [0.2, 0.25) is 0 Å². The van der Waals surface area contributed by atoms with Crippen LogP contribution in [-0.4, -0.2) is 34.0 Å². The van der Waals surface area contributed by atoms with Gasteiger partial charge < -0.3 is 14.8 Å². The lowest BCUT2D eigenvalue weighted by Crippen LogP contribution is -2.42. The van der Waals surface area contributed by atoms with E-state index in [0.717, 1.165) is 17.8 Å². The Balaban J connectivity index is 1.76. The average Bonchev–Trinajstić information content (AvgIpc) is 3.21. The van der Waals surface area contributed by atoms with Gasteiger partial charge in [-0.1, -0.05) is 18.2 Å². The molecule has 2 N–H and O–H groups in total. The number of nitrogens with zero attached hydrogens (tertiary/aromatic N) is 3. The zero-order chi connectivity index (χ0) is 15.3. The summed E-state index contributed by atoms with van der Waals surface area (Å²) in [4.78, 5) is 6.46. The number of aromatic nitrogens is 2. The number of benzene rings is 1. The van der Waals surface area contributed by atoms with E-state index in [0.29, 0.717) is 11.9 Å². The third-order valence-corrected chi connectivity index (χ3v) is 4.86. The van der Waals surface area contributed by atoms with Gasteiger partial charge in [-0.05, 0) is 30.4 Å². The lowest BCUT2D eigenvalue weighted by atomic mass is 9.84. The molecule has 1 unspecified atom stereocenters. The Hall–Kier alpha value is -2.30. The van der Waals surface area contributed by atoms with Gasteiger partial charge in [0.15, 0.2) is 5.96 Å². The van der Waals surface area contributed by atoms with Crippen LogP contribution in [0.1, 0.15) is 18.4 Å². The molecule has 4 rings (SSSR count). The molecule has 1 aromatic heterocycles. The summed E-state index contributed by atoms with van der Waals surface area (Å²) in [5, 5.41) is 11.6. The topological polar surface area (TPSA) is 56.9 Å². The summed E-state index contributed by atoms with van der Waals surface area (Å²) >= 11 is 0. The number of aryl methyl sites for hydroxylation is 1. The second kappa shape index (κ2) is 4.60. The molecule has 0 amide bonds. The van der Waals surface area contributed by atoms with Crippen LogP contribution in [0.15, 0.2) is 36.8 Å². The first kappa shape index (κ1) is 13.4. The molecule has 1 aromatic carbocycles. The van der Waals surface area contributed by atoms with Gasteiger partial charge in [-0.25, -0.2) is 4.98 Å². The van der Waals surface area contributed by atoms with Crippen LogP contribution >= 0.6 is 0 Å². The number of hydrogen-bond donors (Lipinski definition) is 2. The molecule has 1 saturated carbocycles. The van der Waals surface area contributed by atoms with Gasteiger partial charge in [0, 0.05) is 32.4 Å². The molecule has 1 atom stereocenters. The van der Waals surface area contributed by atoms with Crippen LogP contribution in [0.3, 0.4) is 0 Å². The highest BCUT2D eigenvalue weighted by Crippen LogP contribution is 2.48. The molecule has 0 spiro atoms. The van der Waals surface area contributed by atoms with Gasteiger partial charge >= 0.3 is 0 Å². The van der Waals surface area contributed by atoms with Crippen molar-refractivity contribution in [1.82, 2.24) is 19.8 Å². The first-order valence-corrected chi connectivity index (χ1v) is 7.75. The zero-order valence-corrected chi connectivity index (χ0v) is 13.0. The summed E-state index contributed by atoms with van der Waals surface area (Å²) in [6.07, 6.45) is 6.35. The molecule has 5 nitrogen and oxygen atoms in total. The summed E-state index contributed by atoms with van der Waals surface area (Å²) in [7, 11) is 3.98. The van der Waals surface area contributed by atoms with Crippen molar-refractivity contribution in [3.63, 3.8) is 0 Å². The van der Waals surface area contributed by atoms with Gasteiger partial charge in [0.1, 0.15) is 0 Å². The minimum Gasteiger partial charge on any atom is -0.345 e. The van der Waals surface area contributed by atoms with Gasteiger partial charge in [0.25, 0.3) is 0 Å². The smallest absolute Gasteiger partial charge is 0.191 e. The monoisotopic (exact) mass is 295 g/mol. The van der Waals surface area contributed by atoms with E-state index in [1.807, 2.05) is 36.1 Å². The fourth-order valence-corrected chi connectivity index (χ4v) is 3.52.